The zero-order valence-electron chi connectivity index (χ0n) is 32.9. The summed E-state index contributed by atoms with van der Waals surface area (Å²) in [6.45, 7) is 3.78. The number of hydrogen-bond acceptors (Lipinski definition) is 11. The fraction of sp³-hybridized carbons (Fsp3) is 0.390. The van der Waals surface area contributed by atoms with Crippen LogP contribution in [0.2, 0.25) is 0 Å². The quantitative estimate of drug-likeness (QED) is 0.273. The number of anilines is 3. The number of benzene rings is 2. The average molecular weight is 807 g/mol. The van der Waals surface area contributed by atoms with Gasteiger partial charge in [0.2, 0.25) is 17.8 Å². The van der Waals surface area contributed by atoms with Crippen LogP contribution in [0.4, 0.5) is 30.8 Å². The Bertz CT molecular complexity index is 2700. The molecule has 4 aliphatic rings. The highest BCUT2D eigenvalue weighted by molar-refractivity contribution is 5.95. The van der Waals surface area contributed by atoms with Gasteiger partial charge in [-0.25, -0.2) is 27.8 Å². The topological polar surface area (TPSA) is 143 Å². The summed E-state index contributed by atoms with van der Waals surface area (Å²) in [5, 5.41) is 8.54. The van der Waals surface area contributed by atoms with Crippen LogP contribution in [0.5, 0.6) is 0 Å². The zero-order valence-corrected chi connectivity index (χ0v) is 32.9. The maximum Gasteiger partial charge on any atom is 0.245 e. The first kappa shape index (κ1) is 37.0. The van der Waals surface area contributed by atoms with Gasteiger partial charge in [-0.05, 0) is 50.1 Å². The maximum absolute atomic E-state index is 15.4. The molecule has 304 valence electrons. The summed E-state index contributed by atoms with van der Waals surface area (Å²) in [4.78, 5) is 54.7. The minimum absolute atomic E-state index is 0.00992. The van der Waals surface area contributed by atoms with Crippen LogP contribution in [0.3, 0.4) is 0 Å². The lowest BCUT2D eigenvalue weighted by atomic mass is 9.84. The first-order valence-corrected chi connectivity index (χ1v) is 19.6. The summed E-state index contributed by atoms with van der Waals surface area (Å²) < 4.78 is 53.9. The Hall–Kier alpha value is -6.30. The molecule has 15 nitrogen and oxygen atoms in total. The van der Waals surface area contributed by atoms with Crippen LogP contribution < -0.4 is 15.1 Å². The Morgan fingerprint density at radius 1 is 0.932 bits per heavy atom. The highest BCUT2D eigenvalue weighted by Crippen LogP contribution is 2.43. The van der Waals surface area contributed by atoms with Crippen LogP contribution in [0, 0.1) is 24.4 Å². The van der Waals surface area contributed by atoms with Crippen molar-refractivity contribution in [1.29, 1.82) is 0 Å². The lowest BCUT2D eigenvalue weighted by Crippen LogP contribution is -2.62. The van der Waals surface area contributed by atoms with Gasteiger partial charge in [-0.3, -0.25) is 9.59 Å². The molecule has 8 heterocycles. The number of aromatic nitrogens is 7. The van der Waals surface area contributed by atoms with E-state index in [0.717, 1.165) is 24.1 Å². The lowest BCUT2D eigenvalue weighted by Gasteiger charge is -2.50. The third-order valence-corrected chi connectivity index (χ3v) is 12.4. The van der Waals surface area contributed by atoms with Gasteiger partial charge in [0.05, 0.1) is 52.9 Å². The number of amides is 2. The molecular formula is C41H41F3N12O3. The molecule has 1 N–H and O–H groups in total. The number of pyridine rings is 1. The molecule has 59 heavy (non-hydrogen) atoms. The van der Waals surface area contributed by atoms with Crippen molar-refractivity contribution >= 4 is 51.5 Å². The van der Waals surface area contributed by atoms with Crippen molar-refractivity contribution in [2.45, 2.75) is 56.5 Å². The molecule has 2 aromatic carbocycles. The summed E-state index contributed by atoms with van der Waals surface area (Å²) in [6.07, 6.45) is 2.46. The fourth-order valence-corrected chi connectivity index (χ4v) is 9.37. The number of halogens is 3. The molecule has 6 aromatic rings. The predicted molar refractivity (Wildman–Crippen MR) is 213 cm³/mol. The number of aryl methyl sites for hydroxylation is 1. The normalized spacial score (nSPS) is 23.3. The standard InChI is InChI=1S/C41H41F3N12O3/c1-22-46-31-14-24(43)12-27-30-6-5-7-34(48-30)47-25-15-33(39(58)51(2)19-26(59-4)20-53(22)36(27)31)54(18-25)37-28-17-45-56(32-9-8-23(42)13-29(32)44)38(28)50-40(49-37)55-11-10-41(55)16-35(57)52(3)21-41/h5-9,12-14,17,25-26,33H,10-11,15-16,18-21H2,1-4H3,(H,47,48)/t25-,26-,33-,41?/m0/s1. The van der Waals surface area contributed by atoms with E-state index in [1.54, 1.807) is 31.0 Å². The van der Waals surface area contributed by atoms with Crippen molar-refractivity contribution < 1.29 is 27.5 Å². The van der Waals surface area contributed by atoms with Crippen molar-refractivity contribution in [3.8, 4) is 16.9 Å². The molecule has 4 aliphatic heterocycles. The third kappa shape index (κ3) is 6.02. The van der Waals surface area contributed by atoms with Crippen LogP contribution in [0.25, 0.3) is 39.0 Å². The molecular weight excluding hydrogens is 766 g/mol. The van der Waals surface area contributed by atoms with Crippen molar-refractivity contribution in [3.05, 3.63) is 78.0 Å². The lowest BCUT2D eigenvalue weighted by molar-refractivity contribution is -0.132. The van der Waals surface area contributed by atoms with E-state index in [1.165, 1.54) is 29.1 Å². The van der Waals surface area contributed by atoms with Gasteiger partial charge in [0, 0.05) is 71.1 Å². The molecule has 0 radical (unpaired) electrons. The molecule has 1 unspecified atom stereocenters. The van der Waals surface area contributed by atoms with Crippen molar-refractivity contribution in [3.63, 3.8) is 0 Å². The van der Waals surface area contributed by atoms with Crippen LogP contribution in [0.1, 0.15) is 25.1 Å². The Balaban J connectivity index is 1.11. The summed E-state index contributed by atoms with van der Waals surface area (Å²) in [5.41, 5.74) is 2.06. The molecule has 3 fully saturated rings. The summed E-state index contributed by atoms with van der Waals surface area (Å²) >= 11 is 0. The van der Waals surface area contributed by atoms with Gasteiger partial charge in [0.15, 0.2) is 11.5 Å². The Morgan fingerprint density at radius 2 is 1.78 bits per heavy atom. The van der Waals surface area contributed by atoms with E-state index >= 15 is 8.78 Å². The van der Waals surface area contributed by atoms with Crippen LogP contribution in [0.15, 0.2) is 54.7 Å². The van der Waals surface area contributed by atoms with E-state index in [4.69, 9.17) is 19.7 Å². The summed E-state index contributed by atoms with van der Waals surface area (Å²) in [7, 11) is 5.11. The largest absolute Gasteiger partial charge is 0.378 e. The number of hydrogen-bond donors (Lipinski definition) is 1. The number of rotatable bonds is 4. The minimum atomic E-state index is -0.826. The van der Waals surface area contributed by atoms with Crippen LogP contribution >= 0.6 is 0 Å². The second-order valence-corrected chi connectivity index (χ2v) is 16.1. The van der Waals surface area contributed by atoms with E-state index in [1.807, 2.05) is 39.5 Å². The SMILES string of the molecule is CO[C@H]1CN(C)C(=O)[C@@H]2C[C@@H](CN2c2nc(N3CCC34CC(=O)N(C)C4)nc3c2cnn3-c2ccc(F)cc2F)Nc2cccc(n2)-c2cc(F)cc3nc(C)n(c23)C1. The number of nitrogens with one attached hydrogen (secondary N) is 1. The monoisotopic (exact) mass is 806 g/mol. The highest BCUT2D eigenvalue weighted by Gasteiger charge is 2.53. The molecule has 2 amide bonds. The second-order valence-electron chi connectivity index (χ2n) is 16.1. The Kier molecular flexibility index (Phi) is 8.56. The number of carbonyl (C=O) groups excluding carboxylic acids is 2. The summed E-state index contributed by atoms with van der Waals surface area (Å²) in [5.74, 6) is -0.251. The van der Waals surface area contributed by atoms with Crippen LogP contribution in [-0.2, 0) is 20.9 Å². The maximum atomic E-state index is 15.4. The van der Waals surface area contributed by atoms with Crippen molar-refractivity contribution in [2.24, 2.45) is 0 Å². The van der Waals surface area contributed by atoms with Gasteiger partial charge in [-0.15, -0.1) is 0 Å². The van der Waals surface area contributed by atoms with E-state index in [0.29, 0.717) is 84.6 Å². The fourth-order valence-electron chi connectivity index (χ4n) is 9.37. The van der Waals surface area contributed by atoms with Crippen molar-refractivity contribution in [2.75, 3.05) is 62.5 Å². The molecule has 10 rings (SSSR count). The molecule has 18 heteroatoms. The number of fused-ring (bicyclic) bond motifs is 6. The van der Waals surface area contributed by atoms with Gasteiger partial charge >= 0.3 is 0 Å². The number of carbonyl (C=O) groups is 2. The van der Waals surface area contributed by atoms with E-state index < -0.39 is 35.1 Å². The first-order valence-electron chi connectivity index (χ1n) is 19.6. The minimum Gasteiger partial charge on any atom is -0.378 e. The molecule has 0 aliphatic carbocycles. The molecule has 1 spiro atoms. The van der Waals surface area contributed by atoms with Gasteiger partial charge < -0.3 is 34.2 Å². The van der Waals surface area contributed by atoms with E-state index in [2.05, 4.69) is 15.4 Å². The summed E-state index contributed by atoms with van der Waals surface area (Å²) in [6, 6.07) is 10.6. The average Bonchev–Trinajstić information content (AvgIpc) is 3.97. The van der Waals surface area contributed by atoms with Crippen molar-refractivity contribution in [1.82, 2.24) is 44.1 Å². The molecule has 4 bridgehead atoms. The predicted octanol–water partition coefficient (Wildman–Crippen LogP) is 4.31. The number of imidazole rings is 1. The highest BCUT2D eigenvalue weighted by atomic mass is 19.1. The number of ether oxygens (including phenoxy) is 1. The van der Waals surface area contributed by atoms with Gasteiger partial charge in [0.1, 0.15) is 40.8 Å². The van der Waals surface area contributed by atoms with E-state index in [9.17, 15) is 14.0 Å². The molecule has 4 atom stereocenters. The second kappa shape index (κ2) is 13.6. The molecule has 3 saturated heterocycles. The van der Waals surface area contributed by atoms with Gasteiger partial charge in [-0.2, -0.15) is 15.1 Å². The van der Waals surface area contributed by atoms with E-state index in [-0.39, 0.29) is 35.7 Å². The zero-order chi connectivity index (χ0) is 40.9. The smallest absolute Gasteiger partial charge is 0.245 e. The number of likely N-dealkylation sites (tertiary alicyclic amines) is 1. The van der Waals surface area contributed by atoms with Crippen LogP contribution in [-0.4, -0.2) is 127 Å². The Labute approximate surface area is 336 Å². The first-order chi connectivity index (χ1) is 28.4. The number of likely N-dealkylation sites (N-methyl/N-ethyl adjacent to an activating group) is 2. The van der Waals surface area contributed by atoms with Gasteiger partial charge in [0.25, 0.3) is 0 Å². The molecule has 4 aromatic heterocycles. The third-order valence-electron chi connectivity index (χ3n) is 12.4. The number of methoxy groups -OCH3 is 1. The Morgan fingerprint density at radius 3 is 2.53 bits per heavy atom. The molecule has 0 saturated carbocycles. The van der Waals surface area contributed by atoms with Gasteiger partial charge in [-0.1, -0.05) is 6.07 Å². The number of nitrogens with zero attached hydrogens (tertiary/aromatic N) is 11.